The van der Waals surface area contributed by atoms with Crippen molar-refractivity contribution in [3.05, 3.63) is 0 Å². The first-order valence-electron chi connectivity index (χ1n) is 7.49. The monoisotopic (exact) mass is 248 g/mol. The normalized spacial score (nSPS) is 24.8. The van der Waals surface area contributed by atoms with Crippen molar-refractivity contribution in [3.63, 3.8) is 0 Å². The van der Waals surface area contributed by atoms with E-state index in [9.17, 15) is 10.1 Å². The van der Waals surface area contributed by atoms with Gasteiger partial charge in [0.1, 0.15) is 5.54 Å². The fourth-order valence-electron chi connectivity index (χ4n) is 3.30. The fourth-order valence-corrected chi connectivity index (χ4v) is 3.30. The molecular formula is C15H24N2O. The summed E-state index contributed by atoms with van der Waals surface area (Å²) >= 11 is 0. The number of nitriles is 1. The molecule has 0 bridgehead atoms. The van der Waals surface area contributed by atoms with Gasteiger partial charge in [-0.1, -0.05) is 32.1 Å². The maximum Gasteiger partial charge on any atom is 0.224 e. The SMILES string of the molecule is N#CC1(NC(=O)C2CCCCCCC2)CCCC1. The molecule has 2 fully saturated rings. The second kappa shape index (κ2) is 6.22. The molecule has 2 aliphatic rings. The predicted molar refractivity (Wildman–Crippen MR) is 70.8 cm³/mol. The minimum absolute atomic E-state index is 0.139. The van der Waals surface area contributed by atoms with E-state index in [2.05, 4.69) is 11.4 Å². The number of amides is 1. The lowest BCUT2D eigenvalue weighted by Crippen LogP contribution is -2.47. The van der Waals surface area contributed by atoms with E-state index in [1.807, 2.05) is 0 Å². The van der Waals surface area contributed by atoms with Crippen LogP contribution >= 0.6 is 0 Å². The first-order chi connectivity index (χ1) is 8.76. The van der Waals surface area contributed by atoms with Gasteiger partial charge in [-0.3, -0.25) is 4.79 Å². The molecule has 18 heavy (non-hydrogen) atoms. The molecule has 0 aromatic carbocycles. The van der Waals surface area contributed by atoms with Crippen LogP contribution in [-0.4, -0.2) is 11.4 Å². The number of hydrogen-bond acceptors (Lipinski definition) is 2. The molecule has 0 aliphatic heterocycles. The van der Waals surface area contributed by atoms with Crippen LogP contribution in [0.3, 0.4) is 0 Å². The smallest absolute Gasteiger partial charge is 0.224 e. The molecule has 0 radical (unpaired) electrons. The number of hydrogen-bond donors (Lipinski definition) is 1. The summed E-state index contributed by atoms with van der Waals surface area (Å²) < 4.78 is 0. The van der Waals surface area contributed by atoms with Crippen LogP contribution in [0, 0.1) is 17.2 Å². The number of rotatable bonds is 2. The maximum atomic E-state index is 12.3. The summed E-state index contributed by atoms with van der Waals surface area (Å²) in [4.78, 5) is 12.3. The van der Waals surface area contributed by atoms with Crippen molar-refractivity contribution < 1.29 is 4.79 Å². The predicted octanol–water partition coefficient (Wildman–Crippen LogP) is 3.30. The standard InChI is InChI=1S/C15H24N2O/c16-12-15(10-6-7-11-15)17-14(18)13-8-4-2-1-3-5-9-13/h13H,1-11H2,(H,17,18). The van der Waals surface area contributed by atoms with Crippen LogP contribution in [-0.2, 0) is 4.79 Å². The second-order valence-electron chi connectivity index (χ2n) is 5.93. The van der Waals surface area contributed by atoms with Crippen LogP contribution in [0.2, 0.25) is 0 Å². The Morgan fingerprint density at radius 3 is 2.11 bits per heavy atom. The molecular weight excluding hydrogens is 224 g/mol. The third-order valence-corrected chi connectivity index (χ3v) is 4.51. The summed E-state index contributed by atoms with van der Waals surface area (Å²) in [6, 6.07) is 2.34. The van der Waals surface area contributed by atoms with E-state index in [0.717, 1.165) is 51.4 Å². The molecule has 3 nitrogen and oxygen atoms in total. The van der Waals surface area contributed by atoms with Crippen LogP contribution in [0.5, 0.6) is 0 Å². The Morgan fingerprint density at radius 1 is 1.00 bits per heavy atom. The van der Waals surface area contributed by atoms with Gasteiger partial charge in [-0.25, -0.2) is 0 Å². The molecule has 0 aromatic heterocycles. The quantitative estimate of drug-likeness (QED) is 0.815. The van der Waals surface area contributed by atoms with Gasteiger partial charge in [-0.2, -0.15) is 5.26 Å². The van der Waals surface area contributed by atoms with Gasteiger partial charge >= 0.3 is 0 Å². The van der Waals surface area contributed by atoms with Crippen molar-refractivity contribution in [2.75, 3.05) is 0 Å². The Morgan fingerprint density at radius 2 is 1.56 bits per heavy atom. The number of nitrogens with zero attached hydrogens (tertiary/aromatic N) is 1. The van der Waals surface area contributed by atoms with Crippen LogP contribution in [0.25, 0.3) is 0 Å². The molecule has 100 valence electrons. The zero-order chi connectivity index (χ0) is 12.8. The molecule has 0 heterocycles. The zero-order valence-corrected chi connectivity index (χ0v) is 11.2. The maximum absolute atomic E-state index is 12.3. The van der Waals surface area contributed by atoms with E-state index in [1.54, 1.807) is 0 Å². The minimum Gasteiger partial charge on any atom is -0.338 e. The van der Waals surface area contributed by atoms with Crippen molar-refractivity contribution in [3.8, 4) is 6.07 Å². The molecule has 0 saturated heterocycles. The Kier molecular flexibility index (Phi) is 4.63. The summed E-state index contributed by atoms with van der Waals surface area (Å²) in [5.74, 6) is 0.288. The van der Waals surface area contributed by atoms with E-state index < -0.39 is 5.54 Å². The minimum atomic E-state index is -0.542. The van der Waals surface area contributed by atoms with Gasteiger partial charge < -0.3 is 5.32 Å². The van der Waals surface area contributed by atoms with Gasteiger partial charge in [0, 0.05) is 5.92 Å². The molecule has 2 saturated carbocycles. The van der Waals surface area contributed by atoms with Crippen molar-refractivity contribution in [2.24, 2.45) is 5.92 Å². The molecule has 2 aliphatic carbocycles. The molecule has 1 amide bonds. The third kappa shape index (κ3) is 3.25. The first kappa shape index (κ1) is 13.4. The highest BCUT2D eigenvalue weighted by Crippen LogP contribution is 2.30. The fraction of sp³-hybridized carbons (Fsp3) is 0.867. The molecule has 2 rings (SSSR count). The van der Waals surface area contributed by atoms with Crippen molar-refractivity contribution in [1.82, 2.24) is 5.32 Å². The molecule has 0 atom stereocenters. The number of carbonyl (C=O) groups is 1. The average Bonchev–Trinajstić information content (AvgIpc) is 2.77. The Hall–Kier alpha value is -1.04. The van der Waals surface area contributed by atoms with Crippen LogP contribution in [0.1, 0.15) is 70.6 Å². The van der Waals surface area contributed by atoms with E-state index in [4.69, 9.17) is 0 Å². The van der Waals surface area contributed by atoms with Gasteiger partial charge in [0.15, 0.2) is 0 Å². The highest BCUT2D eigenvalue weighted by Gasteiger charge is 2.36. The molecule has 0 aromatic rings. The molecule has 3 heteroatoms. The summed E-state index contributed by atoms with van der Waals surface area (Å²) in [6.07, 6.45) is 12.0. The lowest BCUT2D eigenvalue weighted by Gasteiger charge is -2.26. The first-order valence-corrected chi connectivity index (χ1v) is 7.49. The third-order valence-electron chi connectivity index (χ3n) is 4.51. The van der Waals surface area contributed by atoms with Crippen LogP contribution in [0.15, 0.2) is 0 Å². The Labute approximate surface area is 110 Å². The van der Waals surface area contributed by atoms with Gasteiger partial charge in [-0.05, 0) is 38.5 Å². The molecule has 0 spiro atoms. The van der Waals surface area contributed by atoms with E-state index in [1.165, 1.54) is 19.3 Å². The average molecular weight is 248 g/mol. The summed E-state index contributed by atoms with van der Waals surface area (Å²) in [5.41, 5.74) is -0.542. The number of carbonyl (C=O) groups excluding carboxylic acids is 1. The van der Waals surface area contributed by atoms with Gasteiger partial charge in [0.25, 0.3) is 0 Å². The summed E-state index contributed by atoms with van der Waals surface area (Å²) in [6.45, 7) is 0. The summed E-state index contributed by atoms with van der Waals surface area (Å²) in [5, 5.41) is 12.4. The highest BCUT2D eigenvalue weighted by molar-refractivity contribution is 5.80. The second-order valence-corrected chi connectivity index (χ2v) is 5.93. The van der Waals surface area contributed by atoms with Gasteiger partial charge in [-0.15, -0.1) is 0 Å². The summed E-state index contributed by atoms with van der Waals surface area (Å²) in [7, 11) is 0. The molecule has 1 N–H and O–H groups in total. The van der Waals surface area contributed by atoms with E-state index in [-0.39, 0.29) is 11.8 Å². The van der Waals surface area contributed by atoms with E-state index >= 15 is 0 Å². The largest absolute Gasteiger partial charge is 0.338 e. The number of nitrogens with one attached hydrogen (secondary N) is 1. The molecule has 0 unspecified atom stereocenters. The van der Waals surface area contributed by atoms with E-state index in [0.29, 0.717) is 0 Å². The van der Waals surface area contributed by atoms with Gasteiger partial charge in [0.2, 0.25) is 5.91 Å². The van der Waals surface area contributed by atoms with Crippen molar-refractivity contribution >= 4 is 5.91 Å². The van der Waals surface area contributed by atoms with Gasteiger partial charge in [0.05, 0.1) is 6.07 Å². The van der Waals surface area contributed by atoms with Crippen LogP contribution < -0.4 is 5.32 Å². The Bertz CT molecular complexity index is 318. The highest BCUT2D eigenvalue weighted by atomic mass is 16.2. The van der Waals surface area contributed by atoms with Crippen molar-refractivity contribution in [1.29, 1.82) is 5.26 Å². The topological polar surface area (TPSA) is 52.9 Å². The van der Waals surface area contributed by atoms with Crippen LogP contribution in [0.4, 0.5) is 0 Å². The van der Waals surface area contributed by atoms with Crippen molar-refractivity contribution in [2.45, 2.75) is 76.2 Å². The lowest BCUT2D eigenvalue weighted by atomic mass is 9.89. The zero-order valence-electron chi connectivity index (χ0n) is 11.2. The Balaban J connectivity index is 1.91. The lowest BCUT2D eigenvalue weighted by molar-refractivity contribution is -0.127.